The predicted molar refractivity (Wildman–Crippen MR) is 65.5 cm³/mol. The van der Waals surface area contributed by atoms with Crippen molar-refractivity contribution in [3.63, 3.8) is 0 Å². The van der Waals surface area contributed by atoms with E-state index in [1.807, 2.05) is 24.3 Å². The molecule has 3 rings (SSSR count). The van der Waals surface area contributed by atoms with Crippen LogP contribution in [0.2, 0.25) is 0 Å². The zero-order valence-corrected chi connectivity index (χ0v) is 9.25. The molecular formula is C12H9N3O3. The van der Waals surface area contributed by atoms with E-state index in [1.165, 1.54) is 6.20 Å². The number of hydrogen-bond acceptors (Lipinski definition) is 3. The molecule has 2 N–H and O–H groups in total. The van der Waals surface area contributed by atoms with Gasteiger partial charge in [-0.05, 0) is 6.07 Å². The highest BCUT2D eigenvalue weighted by Crippen LogP contribution is 2.22. The third kappa shape index (κ3) is 1.55. The lowest BCUT2D eigenvalue weighted by atomic mass is 10.2. The maximum atomic E-state index is 11.6. The fourth-order valence-electron chi connectivity index (χ4n) is 2.00. The second-order valence-electron chi connectivity index (χ2n) is 3.98. The molecule has 0 radical (unpaired) electrons. The van der Waals surface area contributed by atoms with Crippen LogP contribution in [-0.4, -0.2) is 25.6 Å². The molecular weight excluding hydrogens is 234 g/mol. The van der Waals surface area contributed by atoms with Crippen molar-refractivity contribution in [2.75, 3.05) is 0 Å². The van der Waals surface area contributed by atoms with E-state index in [-0.39, 0.29) is 6.54 Å². The van der Waals surface area contributed by atoms with Gasteiger partial charge in [-0.2, -0.15) is 4.98 Å². The molecule has 18 heavy (non-hydrogen) atoms. The minimum atomic E-state index is -1.07. The lowest BCUT2D eigenvalue weighted by Crippen LogP contribution is -2.25. The van der Waals surface area contributed by atoms with Gasteiger partial charge in [-0.25, -0.2) is 4.79 Å². The molecule has 3 aromatic rings. The van der Waals surface area contributed by atoms with E-state index in [9.17, 15) is 9.59 Å². The predicted octanol–water partition coefficient (Wildman–Crippen LogP) is 0.962. The number of carbonyl (C=O) groups is 1. The van der Waals surface area contributed by atoms with Crippen LogP contribution >= 0.6 is 0 Å². The number of carboxylic acid groups (broad SMARTS) is 1. The summed E-state index contributed by atoms with van der Waals surface area (Å²) in [5, 5.41) is 10.4. The number of fused-ring (bicyclic) bond motifs is 3. The van der Waals surface area contributed by atoms with Crippen molar-refractivity contribution >= 4 is 27.9 Å². The Morgan fingerprint density at radius 3 is 2.89 bits per heavy atom. The van der Waals surface area contributed by atoms with E-state index in [0.29, 0.717) is 5.65 Å². The smallest absolute Gasteiger partial charge is 0.350 e. The van der Waals surface area contributed by atoms with Crippen LogP contribution in [0.3, 0.4) is 0 Å². The highest BCUT2D eigenvalue weighted by Gasteiger charge is 2.09. The normalized spacial score (nSPS) is 11.1. The van der Waals surface area contributed by atoms with Gasteiger partial charge in [0.25, 0.3) is 0 Å². The molecule has 0 atom stereocenters. The SMILES string of the molecule is O=C(O)Cn1cc2c(nc1=O)[nH]c1ccccc12. The Kier molecular flexibility index (Phi) is 2.16. The second-order valence-corrected chi connectivity index (χ2v) is 3.98. The van der Waals surface area contributed by atoms with Crippen molar-refractivity contribution < 1.29 is 9.90 Å². The van der Waals surface area contributed by atoms with E-state index in [2.05, 4.69) is 9.97 Å². The molecule has 0 aliphatic rings. The summed E-state index contributed by atoms with van der Waals surface area (Å²) in [4.78, 5) is 29.2. The van der Waals surface area contributed by atoms with Crippen molar-refractivity contribution in [1.82, 2.24) is 14.5 Å². The highest BCUT2D eigenvalue weighted by atomic mass is 16.4. The van der Waals surface area contributed by atoms with Gasteiger partial charge in [-0.15, -0.1) is 0 Å². The van der Waals surface area contributed by atoms with Gasteiger partial charge >= 0.3 is 11.7 Å². The first kappa shape index (κ1) is 10.5. The average molecular weight is 243 g/mol. The van der Waals surface area contributed by atoms with Gasteiger partial charge in [0.2, 0.25) is 0 Å². The first-order valence-corrected chi connectivity index (χ1v) is 5.35. The number of benzene rings is 1. The molecule has 6 heteroatoms. The lowest BCUT2D eigenvalue weighted by molar-refractivity contribution is -0.137. The third-order valence-corrected chi connectivity index (χ3v) is 2.77. The van der Waals surface area contributed by atoms with Crippen LogP contribution < -0.4 is 5.69 Å². The third-order valence-electron chi connectivity index (χ3n) is 2.77. The molecule has 0 saturated carbocycles. The van der Waals surface area contributed by atoms with Crippen LogP contribution in [0.5, 0.6) is 0 Å². The first-order valence-electron chi connectivity index (χ1n) is 5.35. The molecule has 0 amide bonds. The van der Waals surface area contributed by atoms with Crippen molar-refractivity contribution in [1.29, 1.82) is 0 Å². The standard InChI is InChI=1S/C12H9N3O3/c16-10(17)6-15-5-8-7-3-1-2-4-9(7)13-11(8)14-12(15)18/h1-5H,6H2,(H,16,17)(H,13,14,18). The second kappa shape index (κ2) is 3.69. The number of aliphatic carboxylic acids is 1. The van der Waals surface area contributed by atoms with Crippen molar-refractivity contribution in [2.24, 2.45) is 0 Å². The minimum Gasteiger partial charge on any atom is -0.480 e. The zero-order valence-electron chi connectivity index (χ0n) is 9.25. The Bertz CT molecular complexity index is 816. The fraction of sp³-hybridized carbons (Fsp3) is 0.0833. The van der Waals surface area contributed by atoms with E-state index >= 15 is 0 Å². The van der Waals surface area contributed by atoms with Crippen LogP contribution in [0.15, 0.2) is 35.3 Å². The molecule has 0 aliphatic carbocycles. The Morgan fingerprint density at radius 2 is 2.11 bits per heavy atom. The van der Waals surface area contributed by atoms with Gasteiger partial charge in [0, 0.05) is 22.5 Å². The van der Waals surface area contributed by atoms with Gasteiger partial charge in [0.15, 0.2) is 0 Å². The summed E-state index contributed by atoms with van der Waals surface area (Å²) >= 11 is 0. The number of aromatic nitrogens is 3. The Morgan fingerprint density at radius 1 is 1.33 bits per heavy atom. The number of nitrogens with zero attached hydrogens (tertiary/aromatic N) is 2. The van der Waals surface area contributed by atoms with Crippen LogP contribution in [0.25, 0.3) is 21.9 Å². The number of para-hydroxylation sites is 1. The van der Waals surface area contributed by atoms with Gasteiger partial charge in [0.1, 0.15) is 12.2 Å². The Balaban J connectivity index is 2.35. The van der Waals surface area contributed by atoms with Crippen LogP contribution in [0.4, 0.5) is 0 Å². The number of aromatic amines is 1. The summed E-state index contributed by atoms with van der Waals surface area (Å²) in [6, 6.07) is 7.53. The summed E-state index contributed by atoms with van der Waals surface area (Å²) in [5.74, 6) is -1.07. The van der Waals surface area contributed by atoms with Crippen LogP contribution in [0.1, 0.15) is 0 Å². The topological polar surface area (TPSA) is 88.0 Å². The quantitative estimate of drug-likeness (QED) is 0.701. The summed E-state index contributed by atoms with van der Waals surface area (Å²) in [7, 11) is 0. The van der Waals surface area contributed by atoms with Crippen molar-refractivity contribution in [3.8, 4) is 0 Å². The van der Waals surface area contributed by atoms with Gasteiger partial charge in [-0.1, -0.05) is 18.2 Å². The molecule has 2 heterocycles. The molecule has 0 bridgehead atoms. The molecule has 1 aromatic carbocycles. The Hall–Kier alpha value is -2.63. The minimum absolute atomic E-state index is 0.388. The fourth-order valence-corrected chi connectivity index (χ4v) is 2.00. The maximum absolute atomic E-state index is 11.6. The molecule has 6 nitrogen and oxygen atoms in total. The molecule has 0 aliphatic heterocycles. The maximum Gasteiger partial charge on any atom is 0.350 e. The number of carboxylic acids is 1. The van der Waals surface area contributed by atoms with E-state index in [4.69, 9.17) is 5.11 Å². The molecule has 2 aromatic heterocycles. The number of nitrogens with one attached hydrogen (secondary N) is 1. The lowest BCUT2D eigenvalue weighted by Gasteiger charge is -2.00. The van der Waals surface area contributed by atoms with E-state index < -0.39 is 11.7 Å². The Labute approximate surface area is 101 Å². The number of H-pyrrole nitrogens is 1. The zero-order chi connectivity index (χ0) is 12.7. The van der Waals surface area contributed by atoms with Crippen LogP contribution in [-0.2, 0) is 11.3 Å². The highest BCUT2D eigenvalue weighted by molar-refractivity contribution is 6.05. The molecule has 0 spiro atoms. The van der Waals surface area contributed by atoms with Crippen molar-refractivity contribution in [2.45, 2.75) is 6.54 Å². The molecule has 0 saturated heterocycles. The van der Waals surface area contributed by atoms with E-state index in [1.54, 1.807) is 0 Å². The number of hydrogen-bond donors (Lipinski definition) is 2. The van der Waals surface area contributed by atoms with Gasteiger partial charge < -0.3 is 10.1 Å². The largest absolute Gasteiger partial charge is 0.480 e. The van der Waals surface area contributed by atoms with Crippen LogP contribution in [0, 0.1) is 0 Å². The summed E-state index contributed by atoms with van der Waals surface area (Å²) < 4.78 is 1.09. The average Bonchev–Trinajstić information content (AvgIpc) is 2.66. The first-order chi connectivity index (χ1) is 8.65. The van der Waals surface area contributed by atoms with Gasteiger partial charge in [0.05, 0.1) is 0 Å². The van der Waals surface area contributed by atoms with Crippen molar-refractivity contribution in [3.05, 3.63) is 40.9 Å². The number of rotatable bonds is 2. The summed E-state index contributed by atoms with van der Waals surface area (Å²) in [5.41, 5.74) is 0.770. The molecule has 0 fully saturated rings. The summed E-state index contributed by atoms with van der Waals surface area (Å²) in [6.45, 7) is -0.388. The monoisotopic (exact) mass is 243 g/mol. The molecule has 0 unspecified atom stereocenters. The molecule has 90 valence electrons. The summed E-state index contributed by atoms with van der Waals surface area (Å²) in [6.07, 6.45) is 1.53. The van der Waals surface area contributed by atoms with E-state index in [0.717, 1.165) is 20.9 Å². The van der Waals surface area contributed by atoms with Gasteiger partial charge in [-0.3, -0.25) is 9.36 Å².